The predicted molar refractivity (Wildman–Crippen MR) is 54.6 cm³/mol. The van der Waals surface area contributed by atoms with E-state index >= 15 is 0 Å². The van der Waals surface area contributed by atoms with Gasteiger partial charge in [0.15, 0.2) is 0 Å². The first-order valence-electron chi connectivity index (χ1n) is 4.61. The van der Waals surface area contributed by atoms with Gasteiger partial charge in [-0.1, -0.05) is 6.07 Å². The van der Waals surface area contributed by atoms with Gasteiger partial charge in [0.2, 0.25) is 5.91 Å². The van der Waals surface area contributed by atoms with Crippen LogP contribution in [0.25, 0.3) is 0 Å². The molecule has 0 bridgehead atoms. The Labute approximate surface area is 83.5 Å². The van der Waals surface area contributed by atoms with Crippen molar-refractivity contribution in [3.05, 3.63) is 30.1 Å². The van der Waals surface area contributed by atoms with Crippen LogP contribution in [-0.2, 0) is 11.2 Å². The van der Waals surface area contributed by atoms with Gasteiger partial charge in [0.05, 0.1) is 6.42 Å². The van der Waals surface area contributed by atoms with Crippen LogP contribution in [0.5, 0.6) is 0 Å². The minimum absolute atomic E-state index is 0.0196. The van der Waals surface area contributed by atoms with Gasteiger partial charge in [-0.15, -0.1) is 0 Å². The van der Waals surface area contributed by atoms with E-state index in [2.05, 4.69) is 10.3 Å². The molecular weight excluding hydrogens is 178 g/mol. The van der Waals surface area contributed by atoms with Crippen LogP contribution in [0.4, 0.5) is 0 Å². The number of pyridine rings is 1. The van der Waals surface area contributed by atoms with Crippen LogP contribution in [0.1, 0.15) is 12.6 Å². The maximum absolute atomic E-state index is 11.4. The predicted octanol–water partition coefficient (Wildman–Crippen LogP) is 0.0875. The molecule has 4 nitrogen and oxygen atoms in total. The molecule has 0 aliphatic heterocycles. The normalized spacial score (nSPS) is 12.1. The quantitative estimate of drug-likeness (QED) is 0.712. The van der Waals surface area contributed by atoms with E-state index in [1.54, 1.807) is 6.20 Å². The monoisotopic (exact) mass is 193 g/mol. The Morgan fingerprint density at radius 3 is 3.00 bits per heavy atom. The minimum atomic E-state index is -0.0401. The van der Waals surface area contributed by atoms with Crippen molar-refractivity contribution < 1.29 is 4.79 Å². The van der Waals surface area contributed by atoms with Gasteiger partial charge >= 0.3 is 0 Å². The largest absolute Gasteiger partial charge is 0.352 e. The fraction of sp³-hybridized carbons (Fsp3) is 0.400. The molecule has 0 saturated carbocycles. The molecule has 1 amide bonds. The zero-order chi connectivity index (χ0) is 10.4. The standard InChI is InChI=1S/C10H15N3O/c1-8(7-11)13-10(14)6-9-4-2-3-5-12-9/h2-5,8H,6-7,11H2,1H3,(H,13,14). The summed E-state index contributed by atoms with van der Waals surface area (Å²) in [6.07, 6.45) is 1.99. The summed E-state index contributed by atoms with van der Waals surface area (Å²) in [4.78, 5) is 15.4. The highest BCUT2D eigenvalue weighted by Gasteiger charge is 2.06. The Balaban J connectivity index is 2.42. The summed E-state index contributed by atoms with van der Waals surface area (Å²) in [5.74, 6) is -0.0401. The zero-order valence-corrected chi connectivity index (χ0v) is 8.23. The molecule has 1 unspecified atom stereocenters. The van der Waals surface area contributed by atoms with Crippen molar-refractivity contribution in [3.63, 3.8) is 0 Å². The van der Waals surface area contributed by atoms with Crippen molar-refractivity contribution in [1.82, 2.24) is 10.3 Å². The lowest BCUT2D eigenvalue weighted by atomic mass is 10.2. The second kappa shape index (κ2) is 5.34. The first kappa shape index (κ1) is 10.7. The highest BCUT2D eigenvalue weighted by atomic mass is 16.1. The average molecular weight is 193 g/mol. The molecule has 0 aliphatic rings. The second-order valence-electron chi connectivity index (χ2n) is 3.20. The van der Waals surface area contributed by atoms with Crippen LogP contribution in [-0.4, -0.2) is 23.5 Å². The Kier molecular flexibility index (Phi) is 4.07. The molecule has 0 fully saturated rings. The number of carbonyl (C=O) groups is 1. The minimum Gasteiger partial charge on any atom is -0.352 e. The van der Waals surface area contributed by atoms with E-state index < -0.39 is 0 Å². The highest BCUT2D eigenvalue weighted by Crippen LogP contribution is 1.94. The molecule has 3 N–H and O–H groups in total. The summed E-state index contributed by atoms with van der Waals surface area (Å²) in [5.41, 5.74) is 6.16. The fourth-order valence-corrected chi connectivity index (χ4v) is 1.05. The van der Waals surface area contributed by atoms with Crippen LogP contribution in [0, 0.1) is 0 Å². The molecule has 1 atom stereocenters. The van der Waals surface area contributed by atoms with Crippen molar-refractivity contribution in [2.75, 3.05) is 6.54 Å². The lowest BCUT2D eigenvalue weighted by molar-refractivity contribution is -0.121. The van der Waals surface area contributed by atoms with Gasteiger partial charge in [-0.2, -0.15) is 0 Å². The highest BCUT2D eigenvalue weighted by molar-refractivity contribution is 5.78. The number of nitrogens with two attached hydrogens (primary N) is 1. The van der Waals surface area contributed by atoms with Crippen molar-refractivity contribution >= 4 is 5.91 Å². The van der Waals surface area contributed by atoms with Crippen LogP contribution < -0.4 is 11.1 Å². The number of rotatable bonds is 4. The maximum atomic E-state index is 11.4. The molecule has 1 heterocycles. The van der Waals surface area contributed by atoms with Crippen molar-refractivity contribution in [3.8, 4) is 0 Å². The molecule has 0 spiro atoms. The van der Waals surface area contributed by atoms with E-state index in [-0.39, 0.29) is 11.9 Å². The van der Waals surface area contributed by atoms with Gasteiger partial charge in [-0.05, 0) is 19.1 Å². The Hall–Kier alpha value is -1.42. The van der Waals surface area contributed by atoms with Gasteiger partial charge in [-0.3, -0.25) is 9.78 Å². The Morgan fingerprint density at radius 1 is 1.64 bits per heavy atom. The van der Waals surface area contributed by atoms with Crippen LogP contribution >= 0.6 is 0 Å². The van der Waals surface area contributed by atoms with Gasteiger partial charge < -0.3 is 11.1 Å². The van der Waals surface area contributed by atoms with E-state index in [1.165, 1.54) is 0 Å². The number of nitrogens with zero attached hydrogens (tertiary/aromatic N) is 1. The topological polar surface area (TPSA) is 68.0 Å². The van der Waals surface area contributed by atoms with Gasteiger partial charge in [-0.25, -0.2) is 0 Å². The van der Waals surface area contributed by atoms with Crippen molar-refractivity contribution in [2.45, 2.75) is 19.4 Å². The summed E-state index contributed by atoms with van der Waals surface area (Å²) in [6, 6.07) is 5.53. The van der Waals surface area contributed by atoms with E-state index in [9.17, 15) is 4.79 Å². The van der Waals surface area contributed by atoms with Gasteiger partial charge in [0.25, 0.3) is 0 Å². The van der Waals surface area contributed by atoms with Gasteiger partial charge in [0.1, 0.15) is 0 Å². The smallest absolute Gasteiger partial charge is 0.226 e. The first-order chi connectivity index (χ1) is 6.72. The SMILES string of the molecule is CC(CN)NC(=O)Cc1ccccn1. The summed E-state index contributed by atoms with van der Waals surface area (Å²) < 4.78 is 0. The number of nitrogens with one attached hydrogen (secondary N) is 1. The molecule has 1 aromatic rings. The number of amides is 1. The number of hydrogen-bond donors (Lipinski definition) is 2. The molecule has 0 aromatic carbocycles. The lowest BCUT2D eigenvalue weighted by Gasteiger charge is -2.10. The summed E-state index contributed by atoms with van der Waals surface area (Å²) >= 11 is 0. The number of carbonyl (C=O) groups excluding carboxylic acids is 1. The second-order valence-corrected chi connectivity index (χ2v) is 3.20. The molecular formula is C10H15N3O. The third-order valence-corrected chi connectivity index (χ3v) is 1.83. The summed E-state index contributed by atoms with van der Waals surface area (Å²) in [6.45, 7) is 2.32. The van der Waals surface area contributed by atoms with Crippen molar-refractivity contribution in [1.29, 1.82) is 0 Å². The van der Waals surface area contributed by atoms with E-state index in [0.29, 0.717) is 13.0 Å². The van der Waals surface area contributed by atoms with Crippen molar-refractivity contribution in [2.24, 2.45) is 5.73 Å². The summed E-state index contributed by atoms with van der Waals surface area (Å²) in [7, 11) is 0. The van der Waals surface area contributed by atoms with E-state index in [4.69, 9.17) is 5.73 Å². The van der Waals surface area contributed by atoms with Crippen LogP contribution in [0.3, 0.4) is 0 Å². The third kappa shape index (κ3) is 3.53. The average Bonchev–Trinajstić information content (AvgIpc) is 2.19. The molecule has 4 heteroatoms. The fourth-order valence-electron chi connectivity index (χ4n) is 1.05. The Morgan fingerprint density at radius 2 is 2.43 bits per heavy atom. The number of hydrogen-bond acceptors (Lipinski definition) is 3. The molecule has 0 aliphatic carbocycles. The third-order valence-electron chi connectivity index (χ3n) is 1.83. The van der Waals surface area contributed by atoms with Crippen LogP contribution in [0.15, 0.2) is 24.4 Å². The van der Waals surface area contributed by atoms with Gasteiger partial charge in [0, 0.05) is 24.5 Å². The zero-order valence-electron chi connectivity index (χ0n) is 8.23. The van der Waals surface area contributed by atoms with Crippen LogP contribution in [0.2, 0.25) is 0 Å². The molecule has 1 aromatic heterocycles. The Bertz CT molecular complexity index is 287. The lowest BCUT2D eigenvalue weighted by Crippen LogP contribution is -2.38. The molecule has 1 rings (SSSR count). The first-order valence-corrected chi connectivity index (χ1v) is 4.61. The summed E-state index contributed by atoms with van der Waals surface area (Å²) in [5, 5.41) is 2.77. The van der Waals surface area contributed by atoms with E-state index in [1.807, 2.05) is 25.1 Å². The maximum Gasteiger partial charge on any atom is 0.226 e. The molecule has 0 saturated heterocycles. The van der Waals surface area contributed by atoms with E-state index in [0.717, 1.165) is 5.69 Å². The molecule has 76 valence electrons. The molecule has 0 radical (unpaired) electrons. The number of aromatic nitrogens is 1. The molecule has 14 heavy (non-hydrogen) atoms.